The van der Waals surface area contributed by atoms with Crippen LogP contribution in [0.1, 0.15) is 13.8 Å². The van der Waals surface area contributed by atoms with E-state index < -0.39 is 0 Å². The lowest BCUT2D eigenvalue weighted by Gasteiger charge is -2.07. The molecule has 18 heavy (non-hydrogen) atoms. The van der Waals surface area contributed by atoms with Gasteiger partial charge in [0.15, 0.2) is 0 Å². The minimum absolute atomic E-state index is 0.262. The SMILES string of the molecule is C\C=C/C=C(\C=C/C)CNc1cccc(SF)c1. The number of benzene rings is 1. The molecule has 0 bridgehead atoms. The van der Waals surface area contributed by atoms with Gasteiger partial charge in [-0.15, -0.1) is 0 Å². The predicted molar refractivity (Wildman–Crippen MR) is 79.6 cm³/mol. The monoisotopic (exact) mass is 263 g/mol. The molecule has 0 aromatic heterocycles. The van der Waals surface area contributed by atoms with Crippen LogP contribution in [-0.4, -0.2) is 6.54 Å². The number of hydrogen-bond donors (Lipinski definition) is 1. The molecule has 0 fully saturated rings. The summed E-state index contributed by atoms with van der Waals surface area (Å²) >= 11 is 0.262. The van der Waals surface area contributed by atoms with E-state index in [-0.39, 0.29) is 12.1 Å². The fraction of sp³-hybridized carbons (Fsp3) is 0.200. The van der Waals surface area contributed by atoms with Crippen LogP contribution < -0.4 is 5.32 Å². The maximum Gasteiger partial charge on any atom is 0.0812 e. The Hall–Kier alpha value is -1.48. The highest BCUT2D eigenvalue weighted by Crippen LogP contribution is 2.22. The summed E-state index contributed by atoms with van der Waals surface area (Å²) in [6, 6.07) is 7.32. The molecule has 0 saturated heterocycles. The number of rotatable bonds is 6. The molecule has 0 atom stereocenters. The van der Waals surface area contributed by atoms with E-state index in [0.717, 1.165) is 12.2 Å². The van der Waals surface area contributed by atoms with Gasteiger partial charge in [0, 0.05) is 17.1 Å². The first-order valence-electron chi connectivity index (χ1n) is 5.87. The van der Waals surface area contributed by atoms with E-state index in [4.69, 9.17) is 0 Å². The van der Waals surface area contributed by atoms with Gasteiger partial charge in [-0.2, -0.15) is 3.89 Å². The van der Waals surface area contributed by atoms with Crippen LogP contribution in [0.5, 0.6) is 0 Å². The number of nitrogens with one attached hydrogen (secondary N) is 1. The van der Waals surface area contributed by atoms with Crippen LogP contribution >= 0.6 is 12.1 Å². The number of allylic oxidation sites excluding steroid dienone is 4. The van der Waals surface area contributed by atoms with Crippen molar-refractivity contribution >= 4 is 17.8 Å². The summed E-state index contributed by atoms with van der Waals surface area (Å²) < 4.78 is 12.4. The zero-order valence-electron chi connectivity index (χ0n) is 10.7. The highest BCUT2D eigenvalue weighted by atomic mass is 32.2. The van der Waals surface area contributed by atoms with Crippen molar-refractivity contribution in [2.75, 3.05) is 11.9 Å². The molecule has 0 amide bonds. The first-order chi connectivity index (χ1) is 8.80. The van der Waals surface area contributed by atoms with Gasteiger partial charge in [-0.3, -0.25) is 0 Å². The third-order valence-corrected chi connectivity index (χ3v) is 2.74. The Morgan fingerprint density at radius 1 is 1.33 bits per heavy atom. The summed E-state index contributed by atoms with van der Waals surface area (Å²) in [5, 5.41) is 3.28. The molecule has 0 radical (unpaired) electrons. The van der Waals surface area contributed by atoms with Gasteiger partial charge in [-0.05, 0) is 37.6 Å². The molecule has 0 aliphatic carbocycles. The zero-order valence-corrected chi connectivity index (χ0v) is 11.5. The van der Waals surface area contributed by atoms with Gasteiger partial charge < -0.3 is 5.32 Å². The normalized spacial score (nSPS) is 12.5. The number of halogens is 1. The Morgan fingerprint density at radius 3 is 2.83 bits per heavy atom. The molecule has 0 heterocycles. The van der Waals surface area contributed by atoms with Crippen LogP contribution in [0.25, 0.3) is 0 Å². The lowest BCUT2D eigenvalue weighted by Crippen LogP contribution is -2.03. The second-order valence-corrected chi connectivity index (χ2v) is 4.35. The second-order valence-electron chi connectivity index (χ2n) is 3.73. The first-order valence-corrected chi connectivity index (χ1v) is 6.59. The number of hydrogen-bond acceptors (Lipinski definition) is 2. The smallest absolute Gasteiger partial charge is 0.0812 e. The predicted octanol–water partition coefficient (Wildman–Crippen LogP) is 5.15. The second kappa shape index (κ2) is 8.59. The van der Waals surface area contributed by atoms with Gasteiger partial charge in [0.05, 0.1) is 12.1 Å². The van der Waals surface area contributed by atoms with Gasteiger partial charge in [0.2, 0.25) is 0 Å². The standard InChI is InChI=1S/C15H18FNS/c1-3-5-8-13(7-4-2)12-17-14-9-6-10-15(11-14)18-16/h3-11,17H,12H2,1-2H3/b5-3-,7-4-,13-8+. The molecular formula is C15H18FNS. The van der Waals surface area contributed by atoms with Gasteiger partial charge >= 0.3 is 0 Å². The van der Waals surface area contributed by atoms with E-state index >= 15 is 0 Å². The minimum Gasteiger partial charge on any atom is -0.381 e. The van der Waals surface area contributed by atoms with Crippen molar-refractivity contribution in [1.29, 1.82) is 0 Å². The average molecular weight is 263 g/mol. The molecule has 0 aliphatic heterocycles. The minimum atomic E-state index is 0.262. The summed E-state index contributed by atoms with van der Waals surface area (Å²) in [5.41, 5.74) is 2.10. The molecule has 1 rings (SSSR count). The van der Waals surface area contributed by atoms with E-state index in [1.807, 2.05) is 44.2 Å². The van der Waals surface area contributed by atoms with Crippen molar-refractivity contribution in [1.82, 2.24) is 0 Å². The van der Waals surface area contributed by atoms with Crippen LogP contribution in [0.3, 0.4) is 0 Å². The van der Waals surface area contributed by atoms with Gasteiger partial charge in [0.25, 0.3) is 0 Å². The van der Waals surface area contributed by atoms with Crippen molar-refractivity contribution in [2.24, 2.45) is 0 Å². The molecular weight excluding hydrogens is 245 g/mol. The van der Waals surface area contributed by atoms with Gasteiger partial charge in [-0.25, -0.2) is 0 Å². The van der Waals surface area contributed by atoms with Crippen molar-refractivity contribution in [2.45, 2.75) is 18.7 Å². The average Bonchev–Trinajstić information content (AvgIpc) is 2.42. The largest absolute Gasteiger partial charge is 0.381 e. The summed E-state index contributed by atoms with van der Waals surface area (Å²) in [6.45, 7) is 4.69. The fourth-order valence-corrected chi connectivity index (χ4v) is 1.77. The van der Waals surface area contributed by atoms with Crippen LogP contribution in [0.4, 0.5) is 9.57 Å². The summed E-state index contributed by atoms with van der Waals surface area (Å²) in [4.78, 5) is 0.616. The van der Waals surface area contributed by atoms with E-state index in [2.05, 4.69) is 17.5 Å². The summed E-state index contributed by atoms with van der Waals surface area (Å²) in [7, 11) is 0. The quantitative estimate of drug-likeness (QED) is 0.712. The number of anilines is 1. The van der Waals surface area contributed by atoms with Gasteiger partial charge in [-0.1, -0.05) is 36.4 Å². The van der Waals surface area contributed by atoms with Gasteiger partial charge in [0.1, 0.15) is 0 Å². The van der Waals surface area contributed by atoms with E-state index in [9.17, 15) is 3.89 Å². The molecule has 96 valence electrons. The Balaban J connectivity index is 2.66. The lowest BCUT2D eigenvalue weighted by atomic mass is 10.2. The Kier molecular flexibility index (Phi) is 6.96. The molecule has 1 N–H and O–H groups in total. The lowest BCUT2D eigenvalue weighted by molar-refractivity contribution is 0.934. The molecule has 0 saturated carbocycles. The molecule has 0 aliphatic rings. The fourth-order valence-electron chi connectivity index (χ4n) is 1.47. The first kappa shape index (κ1) is 14.6. The third kappa shape index (κ3) is 5.23. The Labute approximate surface area is 113 Å². The summed E-state index contributed by atoms with van der Waals surface area (Å²) in [6.07, 6.45) is 10.1. The molecule has 1 aromatic rings. The summed E-state index contributed by atoms with van der Waals surface area (Å²) in [5.74, 6) is 0. The molecule has 0 spiro atoms. The van der Waals surface area contributed by atoms with Crippen LogP contribution in [0.2, 0.25) is 0 Å². The Bertz CT molecular complexity index is 450. The maximum absolute atomic E-state index is 12.4. The molecule has 0 unspecified atom stereocenters. The third-order valence-electron chi connectivity index (χ3n) is 2.30. The van der Waals surface area contributed by atoms with E-state index in [1.165, 1.54) is 5.57 Å². The molecule has 1 aromatic carbocycles. The van der Waals surface area contributed by atoms with Crippen molar-refractivity contribution < 1.29 is 3.89 Å². The van der Waals surface area contributed by atoms with E-state index in [1.54, 1.807) is 12.1 Å². The van der Waals surface area contributed by atoms with Crippen LogP contribution in [-0.2, 0) is 0 Å². The molecule has 1 nitrogen and oxygen atoms in total. The van der Waals surface area contributed by atoms with Crippen LogP contribution in [0, 0.1) is 0 Å². The highest BCUT2D eigenvalue weighted by molar-refractivity contribution is 7.94. The highest BCUT2D eigenvalue weighted by Gasteiger charge is 1.97. The van der Waals surface area contributed by atoms with Crippen molar-refractivity contribution in [3.8, 4) is 0 Å². The van der Waals surface area contributed by atoms with Crippen LogP contribution in [0.15, 0.2) is 65.1 Å². The topological polar surface area (TPSA) is 12.0 Å². The molecule has 3 heteroatoms. The van der Waals surface area contributed by atoms with E-state index in [0.29, 0.717) is 4.90 Å². The maximum atomic E-state index is 12.4. The van der Waals surface area contributed by atoms with Crippen molar-refractivity contribution in [3.63, 3.8) is 0 Å². The van der Waals surface area contributed by atoms with Crippen molar-refractivity contribution in [3.05, 3.63) is 60.2 Å². The Morgan fingerprint density at radius 2 is 2.17 bits per heavy atom. The zero-order chi connectivity index (χ0) is 13.2.